The fourth-order valence-corrected chi connectivity index (χ4v) is 0.465. The van der Waals surface area contributed by atoms with Crippen molar-refractivity contribution < 1.29 is 8.98 Å². The van der Waals surface area contributed by atoms with E-state index in [1.54, 1.807) is 6.92 Å². The first kappa shape index (κ1) is 7.20. The molecule has 0 amide bonds. The maximum Gasteiger partial charge on any atom is 0.303 e. The summed E-state index contributed by atoms with van der Waals surface area (Å²) in [5.74, 6) is 0. The van der Waals surface area contributed by atoms with Gasteiger partial charge in [-0.3, -0.25) is 4.79 Å². The predicted octanol–water partition coefficient (Wildman–Crippen LogP) is 1.99. The number of carbonyl (C=O) groups is 1. The van der Waals surface area contributed by atoms with Crippen LogP contribution in [0.3, 0.4) is 0 Å². The fraction of sp³-hybridized carbons (Fsp3) is 0.667. The zero-order chi connectivity index (χ0) is 5.70. The third-order valence-electron chi connectivity index (χ3n) is 0.245. The zero-order valence-electron chi connectivity index (χ0n) is 3.84. The molecule has 2 nitrogen and oxygen atoms in total. The maximum atomic E-state index is 9.86. The molecule has 0 atom stereocenters. The van der Waals surface area contributed by atoms with Gasteiger partial charge in [0, 0.05) is 0 Å². The van der Waals surface area contributed by atoms with Crippen LogP contribution in [0, 0.1) is 0 Å². The molecule has 0 aromatic heterocycles. The summed E-state index contributed by atoms with van der Waals surface area (Å²) in [7, 11) is 0. The molecule has 0 aliphatic heterocycles. The second-order valence-electron chi connectivity index (χ2n) is 0.740. The second-order valence-corrected chi connectivity index (χ2v) is 2.14. The predicted molar refractivity (Wildman–Crippen MR) is 32.2 cm³/mol. The molecule has 0 fully saturated rings. The van der Waals surface area contributed by atoms with E-state index in [1.165, 1.54) is 0 Å². The van der Waals surface area contributed by atoms with Gasteiger partial charge in [-0.25, -0.2) is 0 Å². The van der Waals surface area contributed by atoms with E-state index in [0.29, 0.717) is 18.6 Å². The van der Waals surface area contributed by atoms with Gasteiger partial charge < -0.3 is 4.18 Å². The highest BCUT2D eigenvalue weighted by Crippen LogP contribution is 2.06. The molecule has 0 unspecified atom stereocenters. The van der Waals surface area contributed by atoms with Crippen LogP contribution < -0.4 is 0 Å². The summed E-state index contributed by atoms with van der Waals surface area (Å²) in [5.41, 5.74) is 0. The Morgan fingerprint density at radius 3 is 2.71 bits per heavy atom. The molecule has 0 N–H and O–H groups in total. The molecule has 0 heterocycles. The van der Waals surface area contributed by atoms with E-state index in [2.05, 4.69) is 16.8 Å². The van der Waals surface area contributed by atoms with E-state index in [-0.39, 0.29) is 0 Å². The van der Waals surface area contributed by atoms with Gasteiger partial charge in [-0.2, -0.15) is 0 Å². The van der Waals surface area contributed by atoms with E-state index in [9.17, 15) is 4.79 Å². The van der Waals surface area contributed by atoms with Crippen LogP contribution in [-0.2, 0) is 4.18 Å². The Morgan fingerprint density at radius 2 is 2.57 bits per heavy atom. The summed E-state index contributed by atoms with van der Waals surface area (Å²) in [6.07, 6.45) is 0. The van der Waals surface area contributed by atoms with Gasteiger partial charge >= 0.3 is 4.45 Å². The Bertz CT molecular complexity index is 64.0. The minimum atomic E-state index is -0.415. The van der Waals surface area contributed by atoms with Crippen molar-refractivity contribution in [1.82, 2.24) is 0 Å². The van der Waals surface area contributed by atoms with E-state index in [4.69, 9.17) is 0 Å². The van der Waals surface area contributed by atoms with Crippen molar-refractivity contribution in [2.24, 2.45) is 0 Å². The SMILES string of the molecule is CCOSC(=O)[S]. The molecule has 0 aromatic rings. The lowest BCUT2D eigenvalue weighted by molar-refractivity contribution is 0.274. The van der Waals surface area contributed by atoms with Gasteiger partial charge in [0.25, 0.3) is 0 Å². The quantitative estimate of drug-likeness (QED) is 0.544. The fourth-order valence-electron chi connectivity index (χ4n) is 0.107. The van der Waals surface area contributed by atoms with E-state index in [1.807, 2.05) is 0 Å². The molecular formula is C3H5O2S2. The van der Waals surface area contributed by atoms with Crippen molar-refractivity contribution in [3.05, 3.63) is 0 Å². The van der Waals surface area contributed by atoms with Gasteiger partial charge in [-0.1, -0.05) is 0 Å². The second kappa shape index (κ2) is 4.36. The Kier molecular flexibility index (Phi) is 4.49. The zero-order valence-corrected chi connectivity index (χ0v) is 5.47. The van der Waals surface area contributed by atoms with Gasteiger partial charge in [-0.05, 0) is 19.6 Å². The van der Waals surface area contributed by atoms with Gasteiger partial charge in [0.15, 0.2) is 0 Å². The molecule has 0 aliphatic carbocycles. The summed E-state index contributed by atoms with van der Waals surface area (Å²) in [6.45, 7) is 2.32. The Hall–Kier alpha value is 0.200. The molecule has 0 bridgehead atoms. The highest BCUT2D eigenvalue weighted by molar-refractivity contribution is 8.29. The molecule has 0 aromatic carbocycles. The summed E-state index contributed by atoms with van der Waals surface area (Å²) in [4.78, 5) is 9.86. The highest BCUT2D eigenvalue weighted by Gasteiger charge is 1.92. The first-order chi connectivity index (χ1) is 3.27. The smallest absolute Gasteiger partial charge is 0.303 e. The molecule has 1 radical (unpaired) electrons. The summed E-state index contributed by atoms with van der Waals surface area (Å²) >= 11 is 4.85. The van der Waals surface area contributed by atoms with Crippen LogP contribution in [0.25, 0.3) is 0 Å². The molecule has 0 rings (SSSR count). The number of hydrogen-bond donors (Lipinski definition) is 0. The van der Waals surface area contributed by atoms with Gasteiger partial charge in [-0.15, -0.1) is 0 Å². The Balaban J connectivity index is 2.82. The van der Waals surface area contributed by atoms with E-state index in [0.717, 1.165) is 0 Å². The molecule has 0 saturated heterocycles. The van der Waals surface area contributed by atoms with Crippen molar-refractivity contribution in [3.8, 4) is 0 Å². The normalized spacial score (nSPS) is 8.71. The van der Waals surface area contributed by atoms with Crippen LogP contribution in [0.1, 0.15) is 6.92 Å². The third-order valence-corrected chi connectivity index (χ3v) is 0.939. The molecular weight excluding hydrogens is 132 g/mol. The van der Waals surface area contributed by atoms with Gasteiger partial charge in [0.1, 0.15) is 0 Å². The largest absolute Gasteiger partial charge is 0.307 e. The number of rotatable bonds is 2. The van der Waals surface area contributed by atoms with Gasteiger partial charge in [0.2, 0.25) is 0 Å². The van der Waals surface area contributed by atoms with Crippen LogP contribution in [0.15, 0.2) is 0 Å². The number of carbonyl (C=O) groups excluding carboxylic acids is 1. The Morgan fingerprint density at radius 1 is 2.00 bits per heavy atom. The first-order valence-corrected chi connectivity index (χ1v) is 2.92. The summed E-state index contributed by atoms with van der Waals surface area (Å²) in [6, 6.07) is 0. The minimum Gasteiger partial charge on any atom is -0.307 e. The minimum absolute atomic E-state index is 0.415. The van der Waals surface area contributed by atoms with Crippen molar-refractivity contribution in [1.29, 1.82) is 0 Å². The van der Waals surface area contributed by atoms with Crippen LogP contribution >= 0.6 is 24.7 Å². The molecule has 0 aliphatic rings. The van der Waals surface area contributed by atoms with Crippen LogP contribution in [0.5, 0.6) is 0 Å². The van der Waals surface area contributed by atoms with Crippen LogP contribution in [0.4, 0.5) is 4.79 Å². The van der Waals surface area contributed by atoms with Crippen LogP contribution in [0.2, 0.25) is 0 Å². The third kappa shape index (κ3) is 6.20. The highest BCUT2D eigenvalue weighted by atomic mass is 32.2. The standard InChI is InChI=1S/C3H5O2S2/c1-2-5-7-3(4)6/h2H2,1H3. The van der Waals surface area contributed by atoms with E-state index >= 15 is 0 Å². The first-order valence-electron chi connectivity index (χ1n) is 1.77. The monoisotopic (exact) mass is 137 g/mol. The topological polar surface area (TPSA) is 26.3 Å². The maximum absolute atomic E-state index is 9.86. The molecule has 41 valence electrons. The molecule has 7 heavy (non-hydrogen) atoms. The summed E-state index contributed by atoms with van der Waals surface area (Å²) < 4.78 is 4.14. The lowest BCUT2D eigenvalue weighted by Crippen LogP contribution is -1.78. The molecule has 0 saturated carbocycles. The molecule has 4 heteroatoms. The number of hydrogen-bond acceptors (Lipinski definition) is 3. The lowest BCUT2D eigenvalue weighted by atomic mass is 10.9. The van der Waals surface area contributed by atoms with Crippen molar-refractivity contribution >= 4 is 29.1 Å². The van der Waals surface area contributed by atoms with Gasteiger partial charge in [0.05, 0.1) is 18.6 Å². The molecule has 0 spiro atoms. The van der Waals surface area contributed by atoms with Crippen molar-refractivity contribution in [3.63, 3.8) is 0 Å². The van der Waals surface area contributed by atoms with Crippen LogP contribution in [-0.4, -0.2) is 11.1 Å². The van der Waals surface area contributed by atoms with Crippen molar-refractivity contribution in [2.75, 3.05) is 6.61 Å². The van der Waals surface area contributed by atoms with Crippen molar-refractivity contribution in [2.45, 2.75) is 6.92 Å². The summed E-state index contributed by atoms with van der Waals surface area (Å²) in [5, 5.41) is 0. The average Bonchev–Trinajstić information content (AvgIpc) is 1.61. The lowest BCUT2D eigenvalue weighted by Gasteiger charge is -1.87. The average molecular weight is 137 g/mol. The van der Waals surface area contributed by atoms with E-state index < -0.39 is 4.45 Å². The Labute approximate surface area is 52.2 Å².